The minimum Gasteiger partial charge on any atom is -0.493 e. The molecule has 0 spiro atoms. The highest BCUT2D eigenvalue weighted by molar-refractivity contribution is 5.43. The number of benzene rings is 1. The van der Waals surface area contributed by atoms with Crippen molar-refractivity contribution in [2.24, 2.45) is 0 Å². The van der Waals surface area contributed by atoms with Gasteiger partial charge in [0.05, 0.1) is 13.2 Å². The summed E-state index contributed by atoms with van der Waals surface area (Å²) in [6.45, 7) is 4.04. The number of rotatable bonds is 4. The Morgan fingerprint density at radius 2 is 2.16 bits per heavy atom. The van der Waals surface area contributed by atoms with Gasteiger partial charge < -0.3 is 9.15 Å². The Morgan fingerprint density at radius 3 is 2.95 bits per heavy atom. The number of para-hydroxylation sites is 1. The van der Waals surface area contributed by atoms with Gasteiger partial charge in [-0.2, -0.15) is 0 Å². The molecule has 2 aromatic rings. The second-order valence-corrected chi connectivity index (χ2v) is 4.89. The fraction of sp³-hybridized carbons (Fsp3) is 0.429. The highest BCUT2D eigenvalue weighted by atomic mass is 16.5. The van der Waals surface area contributed by atoms with E-state index in [4.69, 9.17) is 9.15 Å². The minimum absolute atomic E-state index is 0.604. The second-order valence-electron chi connectivity index (χ2n) is 4.89. The molecule has 0 unspecified atom stereocenters. The third-order valence-electron chi connectivity index (χ3n) is 3.21. The average molecular weight is 259 g/mol. The van der Waals surface area contributed by atoms with E-state index in [9.17, 15) is 0 Å². The van der Waals surface area contributed by atoms with Crippen LogP contribution in [0.4, 0.5) is 0 Å². The van der Waals surface area contributed by atoms with Crippen molar-refractivity contribution in [1.29, 1.82) is 0 Å². The lowest BCUT2D eigenvalue weighted by Crippen LogP contribution is -2.17. The molecule has 0 aliphatic carbocycles. The van der Waals surface area contributed by atoms with Gasteiger partial charge >= 0.3 is 0 Å². The summed E-state index contributed by atoms with van der Waals surface area (Å²) in [6.07, 6.45) is 1.01. The highest BCUT2D eigenvalue weighted by Crippen LogP contribution is 2.30. The Labute approximate surface area is 112 Å². The normalized spacial score (nSPS) is 13.6. The zero-order valence-corrected chi connectivity index (χ0v) is 11.2. The fourth-order valence-electron chi connectivity index (χ4n) is 2.39. The van der Waals surface area contributed by atoms with Gasteiger partial charge in [-0.3, -0.25) is 4.90 Å². The zero-order valence-electron chi connectivity index (χ0n) is 11.2. The number of aryl methyl sites for hydroxylation is 1. The summed E-state index contributed by atoms with van der Waals surface area (Å²) in [5.74, 6) is 2.30. The van der Waals surface area contributed by atoms with Gasteiger partial charge in [0.25, 0.3) is 0 Å². The molecule has 1 aromatic heterocycles. The van der Waals surface area contributed by atoms with E-state index in [0.717, 1.165) is 25.3 Å². The number of nitrogens with zero attached hydrogens (tertiary/aromatic N) is 3. The first-order valence-corrected chi connectivity index (χ1v) is 6.43. The maximum absolute atomic E-state index is 5.71. The van der Waals surface area contributed by atoms with Gasteiger partial charge in [-0.1, -0.05) is 18.2 Å². The Hall–Kier alpha value is -1.88. The van der Waals surface area contributed by atoms with Crippen LogP contribution in [0.15, 0.2) is 22.6 Å². The average Bonchev–Trinajstić information content (AvgIpc) is 2.98. The van der Waals surface area contributed by atoms with Crippen molar-refractivity contribution < 1.29 is 9.15 Å². The number of aromatic nitrogens is 2. The molecule has 0 fully saturated rings. The number of fused-ring (bicyclic) bond motifs is 1. The molecule has 0 N–H and O–H groups in total. The number of hydrogen-bond acceptors (Lipinski definition) is 5. The van der Waals surface area contributed by atoms with E-state index < -0.39 is 0 Å². The second kappa shape index (κ2) is 5.01. The lowest BCUT2D eigenvalue weighted by molar-refractivity contribution is 0.272. The van der Waals surface area contributed by atoms with Crippen LogP contribution in [0.2, 0.25) is 0 Å². The lowest BCUT2D eigenvalue weighted by Gasteiger charge is -2.16. The molecular formula is C14H17N3O2. The molecule has 19 heavy (non-hydrogen) atoms. The van der Waals surface area contributed by atoms with Gasteiger partial charge in [0.1, 0.15) is 5.75 Å². The van der Waals surface area contributed by atoms with E-state index in [2.05, 4.69) is 33.3 Å². The lowest BCUT2D eigenvalue weighted by atomic mass is 10.1. The van der Waals surface area contributed by atoms with Crippen LogP contribution in [0, 0.1) is 6.92 Å². The Balaban J connectivity index is 1.70. The maximum atomic E-state index is 5.71. The van der Waals surface area contributed by atoms with Crippen molar-refractivity contribution in [3.63, 3.8) is 0 Å². The molecule has 2 heterocycles. The van der Waals surface area contributed by atoms with Crippen LogP contribution in [0.5, 0.6) is 5.75 Å². The van der Waals surface area contributed by atoms with Crippen LogP contribution in [-0.4, -0.2) is 28.8 Å². The molecule has 0 amide bonds. The smallest absolute Gasteiger partial charge is 0.230 e. The van der Waals surface area contributed by atoms with Crippen molar-refractivity contribution in [3.8, 4) is 5.75 Å². The predicted molar refractivity (Wildman–Crippen MR) is 69.8 cm³/mol. The van der Waals surface area contributed by atoms with E-state index in [1.54, 1.807) is 6.92 Å². The van der Waals surface area contributed by atoms with Gasteiger partial charge in [0.2, 0.25) is 11.8 Å². The van der Waals surface area contributed by atoms with Crippen LogP contribution in [-0.2, 0) is 19.5 Å². The van der Waals surface area contributed by atoms with Gasteiger partial charge in [0.15, 0.2) is 0 Å². The maximum Gasteiger partial charge on any atom is 0.230 e. The third-order valence-corrected chi connectivity index (χ3v) is 3.21. The van der Waals surface area contributed by atoms with Crippen LogP contribution in [0.25, 0.3) is 0 Å². The monoisotopic (exact) mass is 259 g/mol. The molecule has 1 aliphatic rings. The predicted octanol–water partition coefficient (Wildman–Crippen LogP) is 1.94. The molecule has 5 heteroatoms. The Kier molecular flexibility index (Phi) is 3.21. The van der Waals surface area contributed by atoms with Gasteiger partial charge in [0, 0.05) is 25.5 Å². The fourth-order valence-corrected chi connectivity index (χ4v) is 2.39. The third kappa shape index (κ3) is 2.61. The summed E-state index contributed by atoms with van der Waals surface area (Å²) in [4.78, 5) is 2.14. The Morgan fingerprint density at radius 1 is 1.26 bits per heavy atom. The van der Waals surface area contributed by atoms with E-state index in [0.29, 0.717) is 18.3 Å². The molecule has 0 atom stereocenters. The first-order valence-electron chi connectivity index (χ1n) is 6.43. The number of hydrogen-bond donors (Lipinski definition) is 0. The summed E-state index contributed by atoms with van der Waals surface area (Å²) in [6, 6.07) is 6.33. The topological polar surface area (TPSA) is 51.4 Å². The molecule has 0 radical (unpaired) electrons. The van der Waals surface area contributed by atoms with E-state index in [1.807, 2.05) is 7.05 Å². The van der Waals surface area contributed by atoms with Crippen LogP contribution in [0.1, 0.15) is 22.9 Å². The highest BCUT2D eigenvalue weighted by Gasteiger charge is 2.17. The van der Waals surface area contributed by atoms with Crippen LogP contribution in [0.3, 0.4) is 0 Å². The molecule has 1 aliphatic heterocycles. The van der Waals surface area contributed by atoms with Crippen molar-refractivity contribution in [3.05, 3.63) is 41.1 Å². The summed E-state index contributed by atoms with van der Waals surface area (Å²) in [7, 11) is 2.04. The van der Waals surface area contributed by atoms with Crippen molar-refractivity contribution in [2.75, 3.05) is 13.7 Å². The molecule has 0 saturated carbocycles. The first-order chi connectivity index (χ1) is 9.22. The largest absolute Gasteiger partial charge is 0.493 e. The molecule has 5 nitrogen and oxygen atoms in total. The summed E-state index contributed by atoms with van der Waals surface area (Å²) in [5.41, 5.74) is 2.52. The van der Waals surface area contributed by atoms with Gasteiger partial charge in [-0.05, 0) is 12.6 Å². The quantitative estimate of drug-likeness (QED) is 0.840. The standard InChI is InChI=1S/C14H17N3O2/c1-10-15-16-13(19-10)9-17(2)8-12-5-3-4-11-6-7-18-14(11)12/h3-5H,6-9H2,1-2H3. The molecular weight excluding hydrogens is 242 g/mol. The molecule has 3 rings (SSSR count). The number of ether oxygens (including phenoxy) is 1. The Bertz CT molecular complexity index is 580. The molecule has 1 aromatic carbocycles. The zero-order chi connectivity index (χ0) is 13.2. The summed E-state index contributed by atoms with van der Waals surface area (Å²) >= 11 is 0. The van der Waals surface area contributed by atoms with E-state index >= 15 is 0 Å². The molecule has 0 saturated heterocycles. The first kappa shape index (κ1) is 12.2. The summed E-state index contributed by atoms with van der Waals surface area (Å²) in [5, 5.41) is 7.85. The molecule has 0 bridgehead atoms. The van der Waals surface area contributed by atoms with E-state index in [1.165, 1.54) is 11.1 Å². The summed E-state index contributed by atoms with van der Waals surface area (Å²) < 4.78 is 11.1. The van der Waals surface area contributed by atoms with Crippen molar-refractivity contribution in [1.82, 2.24) is 15.1 Å². The molecule has 100 valence electrons. The van der Waals surface area contributed by atoms with Crippen molar-refractivity contribution in [2.45, 2.75) is 26.4 Å². The van der Waals surface area contributed by atoms with Crippen molar-refractivity contribution >= 4 is 0 Å². The van der Waals surface area contributed by atoms with Crippen LogP contribution >= 0.6 is 0 Å². The SMILES string of the molecule is Cc1nnc(CN(C)Cc2cccc3c2OCC3)o1. The minimum atomic E-state index is 0.604. The van der Waals surface area contributed by atoms with Gasteiger partial charge in [-0.15, -0.1) is 10.2 Å². The van der Waals surface area contributed by atoms with Crippen LogP contribution < -0.4 is 4.74 Å². The van der Waals surface area contributed by atoms with E-state index in [-0.39, 0.29) is 0 Å². The van der Waals surface area contributed by atoms with Gasteiger partial charge in [-0.25, -0.2) is 0 Å².